The number of aliphatic hydroxyl groups is 1. The van der Waals surface area contributed by atoms with Crippen LogP contribution in [0.25, 0.3) is 11.1 Å². The summed E-state index contributed by atoms with van der Waals surface area (Å²) in [5, 5.41) is 21.9. The van der Waals surface area contributed by atoms with E-state index in [9.17, 15) is 19.5 Å². The van der Waals surface area contributed by atoms with Crippen LogP contribution in [-0.4, -0.2) is 46.0 Å². The van der Waals surface area contributed by atoms with E-state index in [4.69, 9.17) is 5.11 Å². The van der Waals surface area contributed by atoms with Crippen molar-refractivity contribution in [1.82, 2.24) is 10.2 Å². The molecule has 1 aliphatic heterocycles. The van der Waals surface area contributed by atoms with E-state index in [0.29, 0.717) is 0 Å². The van der Waals surface area contributed by atoms with Crippen LogP contribution in [0.4, 0.5) is 0 Å². The number of amides is 2. The lowest BCUT2D eigenvalue weighted by molar-refractivity contribution is -0.138. The molecule has 1 heterocycles. The molecule has 0 aromatic heterocycles. The minimum Gasteiger partial charge on any atom is -0.511 e. The maximum Gasteiger partial charge on any atom is 0.322 e. The quantitative estimate of drug-likeness (QED) is 0.472. The molecule has 0 aliphatic carbocycles. The summed E-state index contributed by atoms with van der Waals surface area (Å²) in [5.41, 5.74) is 3.31. The Morgan fingerprint density at radius 2 is 1.47 bits per heavy atom. The highest BCUT2D eigenvalue weighted by molar-refractivity contribution is 6.19. The maximum atomic E-state index is 13.2. The van der Waals surface area contributed by atoms with Gasteiger partial charge in [0.2, 0.25) is 0 Å². The average Bonchev–Trinajstić information content (AvgIpc) is 2.86. The summed E-state index contributed by atoms with van der Waals surface area (Å²) >= 11 is 0. The number of carbonyl (C=O) groups excluding carboxylic acids is 2. The summed E-state index contributed by atoms with van der Waals surface area (Å²) in [7, 11) is 0. The van der Waals surface area contributed by atoms with Crippen molar-refractivity contribution in [2.75, 3.05) is 13.1 Å². The summed E-state index contributed by atoms with van der Waals surface area (Å²) in [6.45, 7) is -0.231. The van der Waals surface area contributed by atoms with Crippen molar-refractivity contribution in [3.05, 3.63) is 107 Å². The van der Waals surface area contributed by atoms with Crippen LogP contribution in [0, 0.1) is 0 Å². The molecule has 1 aliphatic rings. The fraction of sp³-hybridized carbons (Fsp3) is 0.148. The minimum absolute atomic E-state index is 0.185. The van der Waals surface area contributed by atoms with Crippen LogP contribution < -0.4 is 5.32 Å². The lowest BCUT2D eigenvalue weighted by Crippen LogP contribution is -2.45. The first-order valence-corrected chi connectivity index (χ1v) is 10.9. The Kier molecular flexibility index (Phi) is 6.73. The van der Waals surface area contributed by atoms with Crippen LogP contribution in [-0.2, 0) is 20.9 Å². The van der Waals surface area contributed by atoms with Gasteiger partial charge in [-0.1, -0.05) is 84.9 Å². The number of benzene rings is 3. The van der Waals surface area contributed by atoms with Crippen molar-refractivity contribution < 1.29 is 24.6 Å². The van der Waals surface area contributed by atoms with E-state index >= 15 is 0 Å². The van der Waals surface area contributed by atoms with Gasteiger partial charge in [0.05, 0.1) is 5.92 Å². The normalized spacial score (nSPS) is 15.8. The van der Waals surface area contributed by atoms with Gasteiger partial charge in [-0.3, -0.25) is 14.4 Å². The zero-order valence-corrected chi connectivity index (χ0v) is 18.3. The molecule has 1 unspecified atom stereocenters. The van der Waals surface area contributed by atoms with Gasteiger partial charge < -0.3 is 20.4 Å². The van der Waals surface area contributed by atoms with Crippen LogP contribution in [0.3, 0.4) is 0 Å². The number of hydrogen-bond acceptors (Lipinski definition) is 4. The Balaban J connectivity index is 1.61. The molecule has 0 fully saturated rings. The highest BCUT2D eigenvalue weighted by Crippen LogP contribution is 2.32. The summed E-state index contributed by atoms with van der Waals surface area (Å²) in [4.78, 5) is 38.2. The molecule has 0 radical (unpaired) electrons. The van der Waals surface area contributed by atoms with E-state index in [2.05, 4.69) is 5.32 Å². The Labute approximate surface area is 197 Å². The third-order valence-electron chi connectivity index (χ3n) is 5.75. The van der Waals surface area contributed by atoms with E-state index in [-0.39, 0.29) is 18.8 Å². The molecule has 34 heavy (non-hydrogen) atoms. The number of carboxylic acids is 1. The fourth-order valence-electron chi connectivity index (χ4n) is 4.03. The number of aliphatic hydroxyl groups excluding tert-OH is 1. The van der Waals surface area contributed by atoms with Crippen molar-refractivity contribution in [3.63, 3.8) is 0 Å². The standard InChI is InChI=1S/C27H24N2O5/c30-23(31)15-28-26(33)24-25(32)22(21-9-5-2-6-10-21)17-29(27(24)34)16-18-11-13-20(14-12-18)19-7-3-1-4-8-19/h1-14,22,32H,15-17H2,(H,28,33)(H,30,31). The summed E-state index contributed by atoms with van der Waals surface area (Å²) in [5.74, 6) is -3.75. The molecule has 4 rings (SSSR count). The van der Waals surface area contributed by atoms with Crippen LogP contribution in [0.1, 0.15) is 17.0 Å². The molecule has 3 aromatic rings. The average molecular weight is 456 g/mol. The second-order valence-electron chi connectivity index (χ2n) is 8.05. The van der Waals surface area contributed by atoms with Crippen molar-refractivity contribution in [3.8, 4) is 11.1 Å². The largest absolute Gasteiger partial charge is 0.511 e. The predicted octanol–water partition coefficient (Wildman–Crippen LogP) is 3.49. The van der Waals surface area contributed by atoms with Gasteiger partial charge in [0, 0.05) is 13.1 Å². The second-order valence-corrected chi connectivity index (χ2v) is 8.05. The molecule has 7 heteroatoms. The SMILES string of the molecule is O=C(O)CNC(=O)C1=C(O)C(c2ccccc2)CN(Cc2ccc(-c3ccccc3)cc2)C1=O. The smallest absolute Gasteiger partial charge is 0.322 e. The number of carbonyl (C=O) groups is 3. The van der Waals surface area contributed by atoms with Gasteiger partial charge in [0.1, 0.15) is 17.9 Å². The van der Waals surface area contributed by atoms with E-state index < -0.39 is 35.8 Å². The van der Waals surface area contributed by atoms with Crippen molar-refractivity contribution in [2.45, 2.75) is 12.5 Å². The zero-order chi connectivity index (χ0) is 24.1. The number of aliphatic carboxylic acids is 1. The summed E-state index contributed by atoms with van der Waals surface area (Å²) in [6, 6.07) is 26.8. The zero-order valence-electron chi connectivity index (χ0n) is 18.3. The van der Waals surface area contributed by atoms with Crippen molar-refractivity contribution in [1.29, 1.82) is 0 Å². The van der Waals surface area contributed by atoms with Crippen LogP contribution in [0.2, 0.25) is 0 Å². The van der Waals surface area contributed by atoms with Gasteiger partial charge in [-0.2, -0.15) is 0 Å². The lowest BCUT2D eigenvalue weighted by atomic mass is 9.89. The van der Waals surface area contributed by atoms with E-state index in [0.717, 1.165) is 22.3 Å². The maximum absolute atomic E-state index is 13.2. The molecule has 0 saturated heterocycles. The molecule has 7 nitrogen and oxygen atoms in total. The Morgan fingerprint density at radius 3 is 2.09 bits per heavy atom. The highest BCUT2D eigenvalue weighted by Gasteiger charge is 2.38. The molecule has 3 N–H and O–H groups in total. The fourth-order valence-corrected chi connectivity index (χ4v) is 4.03. The van der Waals surface area contributed by atoms with E-state index in [1.165, 1.54) is 4.90 Å². The number of carboxylic acid groups (broad SMARTS) is 1. The van der Waals surface area contributed by atoms with Gasteiger partial charge in [-0.05, 0) is 22.3 Å². The molecule has 172 valence electrons. The van der Waals surface area contributed by atoms with E-state index in [1.54, 1.807) is 0 Å². The summed E-state index contributed by atoms with van der Waals surface area (Å²) < 4.78 is 0. The van der Waals surface area contributed by atoms with Gasteiger partial charge in [0.25, 0.3) is 11.8 Å². The number of hydrogen-bond donors (Lipinski definition) is 3. The van der Waals surface area contributed by atoms with Gasteiger partial charge in [-0.15, -0.1) is 0 Å². The van der Waals surface area contributed by atoms with Gasteiger partial charge in [0.15, 0.2) is 0 Å². The van der Waals surface area contributed by atoms with Gasteiger partial charge >= 0.3 is 5.97 Å². The topological polar surface area (TPSA) is 107 Å². The molecule has 0 saturated carbocycles. The predicted molar refractivity (Wildman–Crippen MR) is 127 cm³/mol. The first kappa shape index (κ1) is 22.8. The van der Waals surface area contributed by atoms with Crippen molar-refractivity contribution in [2.24, 2.45) is 0 Å². The van der Waals surface area contributed by atoms with E-state index in [1.807, 2.05) is 84.9 Å². The van der Waals surface area contributed by atoms with Gasteiger partial charge in [-0.25, -0.2) is 0 Å². The highest BCUT2D eigenvalue weighted by atomic mass is 16.4. The number of rotatable bonds is 7. The van der Waals surface area contributed by atoms with Crippen LogP contribution in [0.15, 0.2) is 96.3 Å². The monoisotopic (exact) mass is 456 g/mol. The Bertz CT molecular complexity index is 1220. The number of nitrogens with zero attached hydrogens (tertiary/aromatic N) is 1. The Hall–Kier alpha value is -4.39. The van der Waals surface area contributed by atoms with Crippen LogP contribution in [0.5, 0.6) is 0 Å². The summed E-state index contributed by atoms with van der Waals surface area (Å²) in [6.07, 6.45) is 0. The molecule has 3 aromatic carbocycles. The van der Waals surface area contributed by atoms with Crippen LogP contribution >= 0.6 is 0 Å². The lowest BCUT2D eigenvalue weighted by Gasteiger charge is -2.33. The third kappa shape index (κ3) is 4.99. The molecule has 2 amide bonds. The first-order chi connectivity index (χ1) is 16.4. The molecule has 0 spiro atoms. The molecular formula is C27H24N2O5. The molecule has 0 bridgehead atoms. The molecular weight excluding hydrogens is 432 g/mol. The molecule has 1 atom stereocenters. The first-order valence-electron chi connectivity index (χ1n) is 10.9. The Morgan fingerprint density at radius 1 is 0.882 bits per heavy atom. The van der Waals surface area contributed by atoms with Crippen molar-refractivity contribution >= 4 is 17.8 Å². The minimum atomic E-state index is -1.24. The second kappa shape index (κ2) is 10.0. The number of nitrogens with one attached hydrogen (secondary N) is 1. The third-order valence-corrected chi connectivity index (χ3v) is 5.75.